The zero-order chi connectivity index (χ0) is 47.9. The fourth-order valence-corrected chi connectivity index (χ4v) is 7.25. The summed E-state index contributed by atoms with van der Waals surface area (Å²) in [6.07, 6.45) is 71.0. The Bertz CT molecular complexity index is 1330. The molecule has 0 N–H and O–H groups in total. The average Bonchev–Trinajstić information content (AvgIpc) is 3.31. The van der Waals surface area contributed by atoms with Gasteiger partial charge < -0.3 is 14.2 Å². The van der Waals surface area contributed by atoms with Gasteiger partial charge in [0.05, 0.1) is 0 Å². The van der Waals surface area contributed by atoms with Crippen molar-refractivity contribution in [1.29, 1.82) is 0 Å². The first kappa shape index (κ1) is 62.3. The first-order valence-electron chi connectivity index (χ1n) is 27.2. The van der Waals surface area contributed by atoms with Crippen LogP contribution in [0.15, 0.2) is 97.2 Å². The minimum atomic E-state index is -0.794. The van der Waals surface area contributed by atoms with Crippen LogP contribution in [-0.2, 0) is 28.6 Å². The Morgan fingerprint density at radius 2 is 0.621 bits per heavy atom. The van der Waals surface area contributed by atoms with Gasteiger partial charge in [-0.25, -0.2) is 0 Å². The van der Waals surface area contributed by atoms with Gasteiger partial charge in [-0.2, -0.15) is 0 Å². The van der Waals surface area contributed by atoms with Crippen molar-refractivity contribution in [2.24, 2.45) is 0 Å². The predicted molar refractivity (Wildman–Crippen MR) is 284 cm³/mol. The summed E-state index contributed by atoms with van der Waals surface area (Å²) >= 11 is 0. The number of allylic oxidation sites excluding steroid dienone is 16. The van der Waals surface area contributed by atoms with Gasteiger partial charge in [-0.05, 0) is 96.3 Å². The average molecular weight is 917 g/mol. The first-order chi connectivity index (χ1) is 32.5. The van der Waals surface area contributed by atoms with Gasteiger partial charge in [0, 0.05) is 19.3 Å². The highest BCUT2D eigenvalue weighted by Gasteiger charge is 2.19. The van der Waals surface area contributed by atoms with Crippen LogP contribution in [0.5, 0.6) is 0 Å². The smallest absolute Gasteiger partial charge is 0.306 e. The molecule has 376 valence electrons. The van der Waals surface area contributed by atoms with Gasteiger partial charge in [0.2, 0.25) is 0 Å². The first-order valence-corrected chi connectivity index (χ1v) is 27.2. The molecule has 0 rings (SSSR count). The minimum Gasteiger partial charge on any atom is -0.462 e. The summed E-state index contributed by atoms with van der Waals surface area (Å²) < 4.78 is 16.8. The lowest BCUT2D eigenvalue weighted by Gasteiger charge is -2.18. The zero-order valence-corrected chi connectivity index (χ0v) is 42.9. The maximum atomic E-state index is 12.8. The molecular formula is C60H100O6. The summed E-state index contributed by atoms with van der Waals surface area (Å²) in [6.45, 7) is 6.42. The maximum Gasteiger partial charge on any atom is 0.306 e. The standard InChI is InChI=1S/C60H100O6/c1-4-7-10-13-16-19-22-25-26-27-28-29-30-31-32-33-34-36-38-41-44-47-50-53-59(62)65-56-57(55-64-58(61)52-49-46-43-40-37-24-21-18-15-12-9-6-3)66-60(63)54-51-48-45-42-39-35-23-20-17-14-11-8-5-2/h7,10-11,14,16,19-20,23,25-26,28-29,31-32,34,36,57H,4-6,8-9,12-13,15,17-18,21-22,24,27,30,33,35,37-56H2,1-3H3/b10-7-,14-11-,19-16-,23-20-,26-25-,29-28-,32-31-,36-34-. The highest BCUT2D eigenvalue weighted by Crippen LogP contribution is 2.14. The van der Waals surface area contributed by atoms with Gasteiger partial charge in [0.25, 0.3) is 0 Å². The number of rotatable bonds is 48. The van der Waals surface area contributed by atoms with E-state index in [-0.39, 0.29) is 31.1 Å². The molecule has 1 unspecified atom stereocenters. The summed E-state index contributed by atoms with van der Waals surface area (Å²) in [6, 6.07) is 0. The van der Waals surface area contributed by atoms with Gasteiger partial charge in [0.15, 0.2) is 6.10 Å². The number of hydrogen-bond acceptors (Lipinski definition) is 6. The molecule has 1 atom stereocenters. The lowest BCUT2D eigenvalue weighted by Crippen LogP contribution is -2.30. The Balaban J connectivity index is 4.40. The molecule has 0 fully saturated rings. The lowest BCUT2D eigenvalue weighted by atomic mass is 10.0. The molecule has 0 spiro atoms. The van der Waals surface area contributed by atoms with Crippen LogP contribution in [-0.4, -0.2) is 37.2 Å². The van der Waals surface area contributed by atoms with Gasteiger partial charge in [0.1, 0.15) is 13.2 Å². The number of carbonyl (C=O) groups is 3. The second kappa shape index (κ2) is 53.9. The van der Waals surface area contributed by atoms with Crippen molar-refractivity contribution in [1.82, 2.24) is 0 Å². The third-order valence-corrected chi connectivity index (χ3v) is 11.3. The van der Waals surface area contributed by atoms with Gasteiger partial charge >= 0.3 is 17.9 Å². The number of esters is 3. The molecule has 0 saturated carbocycles. The van der Waals surface area contributed by atoms with E-state index in [1.54, 1.807) is 0 Å². The topological polar surface area (TPSA) is 78.9 Å². The van der Waals surface area contributed by atoms with Gasteiger partial charge in [-0.15, -0.1) is 0 Å². The second-order valence-corrected chi connectivity index (χ2v) is 17.8. The van der Waals surface area contributed by atoms with Crippen LogP contribution in [0.4, 0.5) is 0 Å². The lowest BCUT2D eigenvalue weighted by molar-refractivity contribution is -0.167. The van der Waals surface area contributed by atoms with Crippen LogP contribution in [0, 0.1) is 0 Å². The molecule has 0 aromatic rings. The van der Waals surface area contributed by atoms with Crippen LogP contribution in [0.25, 0.3) is 0 Å². The molecular weight excluding hydrogens is 817 g/mol. The van der Waals surface area contributed by atoms with Crippen molar-refractivity contribution >= 4 is 17.9 Å². The van der Waals surface area contributed by atoms with E-state index < -0.39 is 6.10 Å². The van der Waals surface area contributed by atoms with Crippen molar-refractivity contribution in [2.75, 3.05) is 13.2 Å². The van der Waals surface area contributed by atoms with Crippen molar-refractivity contribution in [3.8, 4) is 0 Å². The Hall–Kier alpha value is -3.67. The number of carbonyl (C=O) groups excluding carboxylic acids is 3. The fourth-order valence-electron chi connectivity index (χ4n) is 7.25. The number of hydrogen-bond donors (Lipinski definition) is 0. The highest BCUT2D eigenvalue weighted by atomic mass is 16.6. The molecule has 0 aromatic carbocycles. The van der Waals surface area contributed by atoms with E-state index in [1.165, 1.54) is 64.2 Å². The zero-order valence-electron chi connectivity index (χ0n) is 42.9. The quantitative estimate of drug-likeness (QED) is 0.0262. The monoisotopic (exact) mass is 917 g/mol. The van der Waals surface area contributed by atoms with E-state index >= 15 is 0 Å². The van der Waals surface area contributed by atoms with Crippen LogP contribution in [0.3, 0.4) is 0 Å². The summed E-state index contributed by atoms with van der Waals surface area (Å²) in [5, 5.41) is 0. The van der Waals surface area contributed by atoms with E-state index in [0.717, 1.165) is 141 Å². The predicted octanol–water partition coefficient (Wildman–Crippen LogP) is 18.1. The fraction of sp³-hybridized carbons (Fsp3) is 0.683. The van der Waals surface area contributed by atoms with Gasteiger partial charge in [-0.3, -0.25) is 14.4 Å². The molecule has 0 bridgehead atoms. The Morgan fingerprint density at radius 1 is 0.318 bits per heavy atom. The highest BCUT2D eigenvalue weighted by molar-refractivity contribution is 5.71. The second-order valence-electron chi connectivity index (χ2n) is 17.8. The third kappa shape index (κ3) is 51.3. The Kier molecular flexibility index (Phi) is 50.9. The van der Waals surface area contributed by atoms with Crippen molar-refractivity contribution in [3.05, 3.63) is 97.2 Å². The molecule has 0 amide bonds. The van der Waals surface area contributed by atoms with Crippen LogP contribution in [0.1, 0.15) is 245 Å². The minimum absolute atomic E-state index is 0.0907. The van der Waals surface area contributed by atoms with Crippen LogP contribution in [0.2, 0.25) is 0 Å². The molecule has 66 heavy (non-hydrogen) atoms. The molecule has 0 aliphatic heterocycles. The molecule has 0 heterocycles. The van der Waals surface area contributed by atoms with E-state index in [1.807, 2.05) is 0 Å². The Labute approximate surface area is 407 Å². The largest absolute Gasteiger partial charge is 0.462 e. The van der Waals surface area contributed by atoms with Gasteiger partial charge in [-0.1, -0.05) is 227 Å². The molecule has 0 aromatic heterocycles. The SMILES string of the molecule is CC/C=C\C/C=C\C/C=C\C/C=C\C/C=C\C/C=C\CCCCCCC(=O)OCC(COC(=O)CCCCCCCCCCCCCC)OC(=O)CCCCCCC/C=C\C/C=C\CCC. The Morgan fingerprint density at radius 3 is 0.985 bits per heavy atom. The van der Waals surface area contributed by atoms with Crippen molar-refractivity contribution in [3.63, 3.8) is 0 Å². The summed E-state index contributed by atoms with van der Waals surface area (Å²) in [5.74, 6) is -0.932. The van der Waals surface area contributed by atoms with E-state index in [0.29, 0.717) is 19.3 Å². The third-order valence-electron chi connectivity index (χ3n) is 11.3. The number of unbranched alkanes of at least 4 members (excludes halogenated alkanes) is 21. The molecule has 0 radical (unpaired) electrons. The molecule has 0 aliphatic rings. The maximum absolute atomic E-state index is 12.8. The summed E-state index contributed by atoms with van der Waals surface area (Å²) in [7, 11) is 0. The van der Waals surface area contributed by atoms with Crippen LogP contribution < -0.4 is 0 Å². The molecule has 6 heteroatoms. The molecule has 6 nitrogen and oxygen atoms in total. The summed E-state index contributed by atoms with van der Waals surface area (Å²) in [4.78, 5) is 38.0. The van der Waals surface area contributed by atoms with E-state index in [9.17, 15) is 14.4 Å². The number of ether oxygens (including phenoxy) is 3. The van der Waals surface area contributed by atoms with E-state index in [2.05, 4.69) is 118 Å². The normalized spacial score (nSPS) is 12.8. The van der Waals surface area contributed by atoms with Crippen LogP contribution >= 0.6 is 0 Å². The molecule has 0 aliphatic carbocycles. The molecule has 0 saturated heterocycles. The summed E-state index contributed by atoms with van der Waals surface area (Å²) in [5.41, 5.74) is 0. The van der Waals surface area contributed by atoms with Crippen molar-refractivity contribution < 1.29 is 28.6 Å². The van der Waals surface area contributed by atoms with E-state index in [4.69, 9.17) is 14.2 Å². The van der Waals surface area contributed by atoms with Crippen molar-refractivity contribution in [2.45, 2.75) is 252 Å².